The molecule has 0 aliphatic heterocycles. The Hall–Kier alpha value is -1.37. The molecule has 1 heterocycles. The van der Waals surface area contributed by atoms with E-state index >= 15 is 0 Å². The van der Waals surface area contributed by atoms with E-state index in [1.165, 1.54) is 13.8 Å². The molecule has 6 nitrogen and oxygen atoms in total. The molecule has 0 aliphatic carbocycles. The summed E-state index contributed by atoms with van der Waals surface area (Å²) in [6.45, 7) is 2.79. The Balaban J connectivity index is 3.36. The number of hydrogen-bond acceptors (Lipinski definition) is 5. The van der Waals surface area contributed by atoms with Crippen LogP contribution in [-0.4, -0.2) is 29.7 Å². The van der Waals surface area contributed by atoms with E-state index in [-0.39, 0.29) is 11.4 Å². The molecule has 0 spiro atoms. The van der Waals surface area contributed by atoms with E-state index in [0.29, 0.717) is 0 Å². The second-order valence-electron chi connectivity index (χ2n) is 3.37. The van der Waals surface area contributed by atoms with E-state index < -0.39 is 26.5 Å². The van der Waals surface area contributed by atoms with Gasteiger partial charge >= 0.3 is 0 Å². The number of rotatable bonds is 2. The SMILES string of the molecule is Cc1c(O)nc(C(C)S(C)(=O)=O)[nH]c1=O. The van der Waals surface area contributed by atoms with Gasteiger partial charge in [0.25, 0.3) is 5.56 Å². The predicted octanol–water partition coefficient (Wildman–Crippen LogP) is -0.110. The minimum atomic E-state index is -3.35. The quantitative estimate of drug-likeness (QED) is 0.741. The highest BCUT2D eigenvalue weighted by molar-refractivity contribution is 7.90. The smallest absolute Gasteiger partial charge is 0.257 e. The van der Waals surface area contributed by atoms with Crippen molar-refractivity contribution in [2.45, 2.75) is 19.1 Å². The van der Waals surface area contributed by atoms with Gasteiger partial charge in [0.2, 0.25) is 5.88 Å². The van der Waals surface area contributed by atoms with Crippen LogP contribution in [0.1, 0.15) is 23.6 Å². The van der Waals surface area contributed by atoms with Crippen LogP contribution in [-0.2, 0) is 9.84 Å². The first-order chi connectivity index (χ1) is 6.73. The Morgan fingerprint density at radius 1 is 1.47 bits per heavy atom. The highest BCUT2D eigenvalue weighted by Crippen LogP contribution is 2.18. The Labute approximate surface area is 86.9 Å². The first kappa shape index (κ1) is 11.7. The fourth-order valence-corrected chi connectivity index (χ4v) is 1.45. The summed E-state index contributed by atoms with van der Waals surface area (Å²) in [5, 5.41) is 8.32. The number of aromatic amines is 1. The largest absolute Gasteiger partial charge is 0.493 e. The van der Waals surface area contributed by atoms with Crippen LogP contribution >= 0.6 is 0 Å². The van der Waals surface area contributed by atoms with Crippen molar-refractivity contribution < 1.29 is 13.5 Å². The summed E-state index contributed by atoms with van der Waals surface area (Å²) in [7, 11) is -3.35. The maximum absolute atomic E-state index is 11.2. The predicted molar refractivity (Wildman–Crippen MR) is 54.5 cm³/mol. The molecule has 1 atom stereocenters. The molecule has 0 radical (unpaired) electrons. The zero-order valence-electron chi connectivity index (χ0n) is 8.60. The van der Waals surface area contributed by atoms with Crippen molar-refractivity contribution in [1.82, 2.24) is 9.97 Å². The van der Waals surface area contributed by atoms with Gasteiger partial charge in [-0.1, -0.05) is 0 Å². The van der Waals surface area contributed by atoms with Crippen molar-refractivity contribution in [3.05, 3.63) is 21.7 Å². The summed E-state index contributed by atoms with van der Waals surface area (Å²) in [5.41, 5.74) is -0.465. The minimum absolute atomic E-state index is 0.0504. The maximum Gasteiger partial charge on any atom is 0.257 e. The lowest BCUT2D eigenvalue weighted by Crippen LogP contribution is -2.19. The molecule has 1 aromatic rings. The molecular formula is C8H12N2O4S. The topological polar surface area (TPSA) is 100 Å². The molecule has 0 amide bonds. The molecule has 0 aromatic carbocycles. The lowest BCUT2D eigenvalue weighted by Gasteiger charge is -2.08. The van der Waals surface area contributed by atoms with E-state index in [9.17, 15) is 18.3 Å². The number of H-pyrrole nitrogens is 1. The van der Waals surface area contributed by atoms with Crippen LogP contribution in [0.3, 0.4) is 0 Å². The molecule has 0 saturated carbocycles. The van der Waals surface area contributed by atoms with E-state index in [4.69, 9.17) is 0 Å². The average molecular weight is 232 g/mol. The van der Waals surface area contributed by atoms with Gasteiger partial charge in [0.1, 0.15) is 11.1 Å². The standard InChI is InChI=1S/C8H12N2O4S/c1-4-7(11)9-6(10-8(4)12)5(2)15(3,13)14/h5H,1-3H3,(H2,9,10,11,12). The Bertz CT molecular complexity index is 532. The van der Waals surface area contributed by atoms with Crippen LogP contribution < -0.4 is 5.56 Å². The van der Waals surface area contributed by atoms with E-state index in [1.54, 1.807) is 0 Å². The summed E-state index contributed by atoms with van der Waals surface area (Å²) >= 11 is 0. The first-order valence-corrected chi connectivity index (χ1v) is 6.17. The molecule has 0 aliphatic rings. The molecule has 0 bridgehead atoms. The van der Waals surface area contributed by atoms with Gasteiger partial charge < -0.3 is 10.1 Å². The number of hydrogen-bond donors (Lipinski definition) is 2. The van der Waals surface area contributed by atoms with Crippen molar-refractivity contribution in [2.75, 3.05) is 6.26 Å². The van der Waals surface area contributed by atoms with Gasteiger partial charge in [-0.3, -0.25) is 4.79 Å². The van der Waals surface area contributed by atoms with Crippen molar-refractivity contribution in [2.24, 2.45) is 0 Å². The molecular weight excluding hydrogens is 220 g/mol. The van der Waals surface area contributed by atoms with Crippen LogP contribution in [0, 0.1) is 6.92 Å². The number of aromatic nitrogens is 2. The molecule has 0 saturated heterocycles. The van der Waals surface area contributed by atoms with Crippen molar-refractivity contribution in [3.63, 3.8) is 0 Å². The maximum atomic E-state index is 11.2. The molecule has 84 valence electrons. The van der Waals surface area contributed by atoms with Gasteiger partial charge in [-0.05, 0) is 13.8 Å². The summed E-state index contributed by atoms with van der Waals surface area (Å²) in [6.07, 6.45) is 1.04. The number of nitrogens with zero attached hydrogens (tertiary/aromatic N) is 1. The second kappa shape index (κ2) is 3.65. The Kier molecular flexibility index (Phi) is 2.85. The Morgan fingerprint density at radius 2 is 2.00 bits per heavy atom. The molecule has 1 rings (SSSR count). The molecule has 7 heteroatoms. The third-order valence-corrected chi connectivity index (χ3v) is 3.68. The highest BCUT2D eigenvalue weighted by Gasteiger charge is 2.21. The molecule has 2 N–H and O–H groups in total. The number of sulfone groups is 1. The molecule has 15 heavy (non-hydrogen) atoms. The summed E-state index contributed by atoms with van der Waals surface area (Å²) in [4.78, 5) is 17.2. The fourth-order valence-electron chi connectivity index (χ4n) is 0.933. The van der Waals surface area contributed by atoms with E-state index in [1.807, 2.05) is 0 Å². The van der Waals surface area contributed by atoms with Gasteiger partial charge in [-0.2, -0.15) is 4.98 Å². The third kappa shape index (κ3) is 2.35. The van der Waals surface area contributed by atoms with Gasteiger partial charge in [0, 0.05) is 6.26 Å². The van der Waals surface area contributed by atoms with Gasteiger partial charge in [-0.25, -0.2) is 8.42 Å². The monoisotopic (exact) mass is 232 g/mol. The van der Waals surface area contributed by atoms with Gasteiger partial charge in [0.15, 0.2) is 9.84 Å². The third-order valence-electron chi connectivity index (χ3n) is 2.17. The minimum Gasteiger partial charge on any atom is -0.493 e. The fraction of sp³-hybridized carbons (Fsp3) is 0.500. The van der Waals surface area contributed by atoms with Crippen molar-refractivity contribution >= 4 is 9.84 Å². The van der Waals surface area contributed by atoms with Gasteiger partial charge in [-0.15, -0.1) is 0 Å². The summed E-state index contributed by atoms with van der Waals surface area (Å²) in [5.74, 6) is -0.491. The van der Waals surface area contributed by atoms with Gasteiger partial charge in [0.05, 0.1) is 5.56 Å². The number of aromatic hydroxyl groups is 1. The molecule has 1 aromatic heterocycles. The van der Waals surface area contributed by atoms with Crippen LogP contribution in [0.15, 0.2) is 4.79 Å². The highest BCUT2D eigenvalue weighted by atomic mass is 32.2. The van der Waals surface area contributed by atoms with Crippen LogP contribution in [0.25, 0.3) is 0 Å². The van der Waals surface area contributed by atoms with E-state index in [2.05, 4.69) is 9.97 Å². The average Bonchev–Trinajstić information content (AvgIpc) is 2.10. The molecule has 0 fully saturated rings. The summed E-state index contributed by atoms with van der Waals surface area (Å²) in [6, 6.07) is 0. The second-order valence-corrected chi connectivity index (χ2v) is 5.74. The Morgan fingerprint density at radius 3 is 2.40 bits per heavy atom. The zero-order valence-corrected chi connectivity index (χ0v) is 9.42. The lowest BCUT2D eigenvalue weighted by atomic mass is 10.3. The molecule has 1 unspecified atom stereocenters. The van der Waals surface area contributed by atoms with Crippen molar-refractivity contribution in [1.29, 1.82) is 0 Å². The first-order valence-electron chi connectivity index (χ1n) is 4.22. The van der Waals surface area contributed by atoms with E-state index in [0.717, 1.165) is 6.26 Å². The lowest BCUT2D eigenvalue weighted by molar-refractivity contribution is 0.442. The van der Waals surface area contributed by atoms with Crippen LogP contribution in [0.5, 0.6) is 5.88 Å². The number of nitrogens with one attached hydrogen (secondary N) is 1. The zero-order chi connectivity index (χ0) is 11.8. The van der Waals surface area contributed by atoms with Crippen molar-refractivity contribution in [3.8, 4) is 5.88 Å². The summed E-state index contributed by atoms with van der Waals surface area (Å²) < 4.78 is 22.4. The van der Waals surface area contributed by atoms with Crippen LogP contribution in [0.4, 0.5) is 0 Å². The van der Waals surface area contributed by atoms with Crippen LogP contribution in [0.2, 0.25) is 0 Å². The normalized spacial score (nSPS) is 13.8.